The fraction of sp³-hybridized carbons (Fsp3) is 0.440. The Morgan fingerprint density at radius 1 is 1.00 bits per heavy atom. The van der Waals surface area contributed by atoms with Crippen molar-refractivity contribution >= 4 is 29.2 Å². The monoisotopic (exact) mass is 436 g/mol. The Labute approximate surface area is 189 Å². The smallest absolute Gasteiger partial charge is 0.240 e. The first kappa shape index (κ1) is 23.4. The minimum atomic E-state index is -0.187. The van der Waals surface area contributed by atoms with E-state index in [0.717, 1.165) is 36.8 Å². The fourth-order valence-electron chi connectivity index (χ4n) is 4.09. The van der Waals surface area contributed by atoms with Crippen LogP contribution in [0.3, 0.4) is 0 Å². The molecule has 0 aliphatic heterocycles. The molecule has 3 amide bonds. The highest BCUT2D eigenvalue weighted by molar-refractivity contribution is 5.99. The third-order valence-corrected chi connectivity index (χ3v) is 5.57. The zero-order valence-electron chi connectivity index (χ0n) is 18.9. The van der Waals surface area contributed by atoms with Crippen LogP contribution in [0.25, 0.3) is 0 Å². The van der Waals surface area contributed by atoms with Crippen molar-refractivity contribution in [1.29, 1.82) is 0 Å². The molecule has 1 fully saturated rings. The molecule has 1 aliphatic rings. The second kappa shape index (κ2) is 11.4. The molecule has 0 radical (unpaired) electrons. The largest absolute Gasteiger partial charge is 0.352 e. The van der Waals surface area contributed by atoms with Crippen LogP contribution in [-0.4, -0.2) is 35.3 Å². The maximum absolute atomic E-state index is 13.1. The van der Waals surface area contributed by atoms with Crippen LogP contribution in [0.4, 0.5) is 11.5 Å². The van der Waals surface area contributed by atoms with Crippen LogP contribution in [0.15, 0.2) is 42.6 Å². The lowest BCUT2D eigenvalue weighted by Gasteiger charge is -2.24. The number of nitrogens with one attached hydrogen (secondary N) is 2. The van der Waals surface area contributed by atoms with Crippen molar-refractivity contribution in [3.05, 3.63) is 53.7 Å². The van der Waals surface area contributed by atoms with Crippen molar-refractivity contribution in [3.63, 3.8) is 0 Å². The SMILES string of the molecule is Cc1cc(C)cc(N(CC(=O)NC2CCCC2)C(=O)CCCC(=O)Nc2ccccn2)c1. The molecule has 0 bridgehead atoms. The van der Waals surface area contributed by atoms with Crippen LogP contribution in [-0.2, 0) is 14.4 Å². The Bertz CT molecular complexity index is 919. The summed E-state index contributed by atoms with van der Waals surface area (Å²) in [6.07, 6.45) is 6.64. The van der Waals surface area contributed by atoms with Gasteiger partial charge in [-0.2, -0.15) is 0 Å². The van der Waals surface area contributed by atoms with Crippen molar-refractivity contribution < 1.29 is 14.4 Å². The van der Waals surface area contributed by atoms with Gasteiger partial charge in [-0.15, -0.1) is 0 Å². The summed E-state index contributed by atoms with van der Waals surface area (Å²) in [5, 5.41) is 5.79. The third-order valence-electron chi connectivity index (χ3n) is 5.57. The van der Waals surface area contributed by atoms with E-state index in [1.54, 1.807) is 29.3 Å². The van der Waals surface area contributed by atoms with Crippen LogP contribution in [0, 0.1) is 13.8 Å². The number of pyridine rings is 1. The van der Waals surface area contributed by atoms with Gasteiger partial charge in [0.25, 0.3) is 0 Å². The molecule has 2 aromatic rings. The summed E-state index contributed by atoms with van der Waals surface area (Å²) in [5.41, 5.74) is 2.78. The summed E-state index contributed by atoms with van der Waals surface area (Å²) >= 11 is 0. The highest BCUT2D eigenvalue weighted by atomic mass is 16.2. The van der Waals surface area contributed by atoms with E-state index in [0.29, 0.717) is 17.9 Å². The number of nitrogens with zero attached hydrogens (tertiary/aromatic N) is 2. The zero-order chi connectivity index (χ0) is 22.9. The molecule has 3 rings (SSSR count). The van der Waals surface area contributed by atoms with Gasteiger partial charge in [0.15, 0.2) is 0 Å². The molecule has 0 unspecified atom stereocenters. The van der Waals surface area contributed by atoms with Gasteiger partial charge in [-0.25, -0.2) is 4.98 Å². The minimum Gasteiger partial charge on any atom is -0.352 e. The van der Waals surface area contributed by atoms with E-state index in [4.69, 9.17) is 0 Å². The standard InChI is InChI=1S/C25H32N4O3/c1-18-14-19(2)16-21(15-18)29(17-24(31)27-20-8-3-4-9-20)25(32)12-7-11-23(30)28-22-10-5-6-13-26-22/h5-6,10,13-16,20H,3-4,7-9,11-12,17H2,1-2H3,(H,27,31)(H,26,28,30). The first-order chi connectivity index (χ1) is 15.4. The van der Waals surface area contributed by atoms with E-state index >= 15 is 0 Å². The minimum absolute atomic E-state index is 0.0155. The molecule has 7 heteroatoms. The predicted molar refractivity (Wildman–Crippen MR) is 125 cm³/mol. The van der Waals surface area contributed by atoms with Gasteiger partial charge in [-0.05, 0) is 68.5 Å². The number of anilines is 2. The number of carbonyl (C=O) groups is 3. The van der Waals surface area contributed by atoms with Gasteiger partial charge in [0.1, 0.15) is 12.4 Å². The van der Waals surface area contributed by atoms with Gasteiger partial charge < -0.3 is 15.5 Å². The molecule has 1 heterocycles. The van der Waals surface area contributed by atoms with Crippen molar-refractivity contribution in [1.82, 2.24) is 10.3 Å². The van der Waals surface area contributed by atoms with Crippen LogP contribution in [0.1, 0.15) is 56.1 Å². The first-order valence-electron chi connectivity index (χ1n) is 11.3. The number of hydrogen-bond donors (Lipinski definition) is 2. The molecule has 0 saturated heterocycles. The van der Waals surface area contributed by atoms with E-state index in [2.05, 4.69) is 15.6 Å². The molecule has 170 valence electrons. The lowest BCUT2D eigenvalue weighted by molar-refractivity contribution is -0.124. The number of hydrogen-bond acceptors (Lipinski definition) is 4. The molecule has 2 N–H and O–H groups in total. The molecule has 1 aromatic heterocycles. The number of aromatic nitrogens is 1. The maximum Gasteiger partial charge on any atom is 0.240 e. The number of benzene rings is 1. The van der Waals surface area contributed by atoms with Gasteiger partial charge >= 0.3 is 0 Å². The second-order valence-electron chi connectivity index (χ2n) is 8.49. The zero-order valence-corrected chi connectivity index (χ0v) is 18.9. The Balaban J connectivity index is 1.60. The van der Waals surface area contributed by atoms with Gasteiger partial charge in [0.2, 0.25) is 17.7 Å². The summed E-state index contributed by atoms with van der Waals surface area (Å²) in [6, 6.07) is 11.4. The molecule has 0 atom stereocenters. The molecule has 7 nitrogen and oxygen atoms in total. The van der Waals surface area contributed by atoms with E-state index in [-0.39, 0.29) is 43.1 Å². The number of aryl methyl sites for hydroxylation is 2. The quantitative estimate of drug-likeness (QED) is 0.624. The average Bonchev–Trinajstić information content (AvgIpc) is 3.25. The fourth-order valence-corrected chi connectivity index (χ4v) is 4.09. The maximum atomic E-state index is 13.1. The van der Waals surface area contributed by atoms with Crippen molar-refractivity contribution in [3.8, 4) is 0 Å². The highest BCUT2D eigenvalue weighted by Gasteiger charge is 2.23. The Morgan fingerprint density at radius 2 is 1.72 bits per heavy atom. The Morgan fingerprint density at radius 3 is 2.38 bits per heavy atom. The molecule has 1 aliphatic carbocycles. The highest BCUT2D eigenvalue weighted by Crippen LogP contribution is 2.21. The van der Waals surface area contributed by atoms with Crippen molar-refractivity contribution in [2.45, 2.75) is 64.8 Å². The summed E-state index contributed by atoms with van der Waals surface area (Å²) in [4.78, 5) is 43.5. The summed E-state index contributed by atoms with van der Waals surface area (Å²) in [5.74, 6) is -0.00258. The normalized spacial score (nSPS) is 13.6. The first-order valence-corrected chi connectivity index (χ1v) is 11.3. The summed E-state index contributed by atoms with van der Waals surface area (Å²) in [7, 11) is 0. The number of amides is 3. The van der Waals surface area contributed by atoms with Crippen molar-refractivity contribution in [2.75, 3.05) is 16.8 Å². The van der Waals surface area contributed by atoms with E-state index in [1.807, 2.05) is 32.0 Å². The topological polar surface area (TPSA) is 91.4 Å². The lowest BCUT2D eigenvalue weighted by Crippen LogP contribution is -2.43. The Kier molecular flexibility index (Phi) is 8.36. The van der Waals surface area contributed by atoms with Crippen LogP contribution in [0.2, 0.25) is 0 Å². The lowest BCUT2D eigenvalue weighted by atomic mass is 10.1. The molecule has 1 aromatic carbocycles. The average molecular weight is 437 g/mol. The molecule has 1 saturated carbocycles. The number of rotatable bonds is 9. The van der Waals surface area contributed by atoms with Crippen LogP contribution < -0.4 is 15.5 Å². The summed E-state index contributed by atoms with van der Waals surface area (Å²) < 4.78 is 0. The number of carbonyl (C=O) groups excluding carboxylic acids is 3. The Hall–Kier alpha value is -3.22. The molecule has 32 heavy (non-hydrogen) atoms. The third kappa shape index (κ3) is 7.18. The van der Waals surface area contributed by atoms with Gasteiger partial charge in [0.05, 0.1) is 0 Å². The van der Waals surface area contributed by atoms with E-state index in [1.165, 1.54) is 0 Å². The van der Waals surface area contributed by atoms with Gasteiger partial charge in [-0.1, -0.05) is 25.0 Å². The predicted octanol–water partition coefficient (Wildman–Crippen LogP) is 3.90. The molecular formula is C25H32N4O3. The summed E-state index contributed by atoms with van der Waals surface area (Å²) in [6.45, 7) is 3.93. The van der Waals surface area contributed by atoms with Gasteiger partial charge in [0, 0.05) is 30.8 Å². The van der Waals surface area contributed by atoms with Crippen LogP contribution >= 0.6 is 0 Å². The van der Waals surface area contributed by atoms with E-state index < -0.39 is 0 Å². The molecular weight excluding hydrogens is 404 g/mol. The second-order valence-corrected chi connectivity index (χ2v) is 8.49. The van der Waals surface area contributed by atoms with Gasteiger partial charge in [-0.3, -0.25) is 14.4 Å². The van der Waals surface area contributed by atoms with Crippen molar-refractivity contribution in [2.24, 2.45) is 0 Å². The molecule has 0 spiro atoms. The van der Waals surface area contributed by atoms with E-state index in [9.17, 15) is 14.4 Å². The van der Waals surface area contributed by atoms with Crippen LogP contribution in [0.5, 0.6) is 0 Å².